The van der Waals surface area contributed by atoms with Crippen LogP contribution < -0.4 is 10.5 Å². The maximum Gasteiger partial charge on any atom is 0.513 e. The Morgan fingerprint density at radius 1 is 1.35 bits per heavy atom. The molecule has 0 aliphatic rings. The summed E-state index contributed by atoms with van der Waals surface area (Å²) in [6, 6.07) is 7.71. The molecular formula is C14H13N3O3. The number of para-hydroxylation sites is 1. The smallest absolute Gasteiger partial charge is 0.437 e. The molecule has 20 heavy (non-hydrogen) atoms. The second-order valence-electron chi connectivity index (χ2n) is 4.39. The first-order valence-corrected chi connectivity index (χ1v) is 6.04. The predicted molar refractivity (Wildman–Crippen MR) is 75.8 cm³/mol. The molecule has 0 aliphatic carbocycles. The molecule has 2 heterocycles. The number of fused-ring (bicyclic) bond motifs is 3. The summed E-state index contributed by atoms with van der Waals surface area (Å²) in [6.45, 7) is 1.72. The monoisotopic (exact) mass is 271 g/mol. The number of benzene rings is 1. The lowest BCUT2D eigenvalue weighted by Gasteiger charge is -2.09. The number of nitrogens with two attached hydrogens (primary N) is 1. The fourth-order valence-electron chi connectivity index (χ4n) is 2.26. The van der Waals surface area contributed by atoms with Gasteiger partial charge in [-0.3, -0.25) is 0 Å². The summed E-state index contributed by atoms with van der Waals surface area (Å²) in [6.07, 6.45) is -0.819. The van der Waals surface area contributed by atoms with Gasteiger partial charge in [0.25, 0.3) is 0 Å². The van der Waals surface area contributed by atoms with Crippen LogP contribution in [0.15, 0.2) is 24.3 Å². The van der Waals surface area contributed by atoms with Gasteiger partial charge in [-0.15, -0.1) is 0 Å². The van der Waals surface area contributed by atoms with E-state index in [1.807, 2.05) is 24.3 Å². The lowest BCUT2D eigenvalue weighted by atomic mass is 10.1. The van der Waals surface area contributed by atoms with Gasteiger partial charge in [0.15, 0.2) is 5.75 Å². The van der Waals surface area contributed by atoms with Gasteiger partial charge in [-0.25, -0.2) is 9.78 Å². The van der Waals surface area contributed by atoms with E-state index in [9.17, 15) is 4.79 Å². The topological polar surface area (TPSA) is 90.2 Å². The summed E-state index contributed by atoms with van der Waals surface area (Å²) >= 11 is 0. The molecule has 3 aromatic rings. The van der Waals surface area contributed by atoms with Crippen molar-refractivity contribution in [1.82, 2.24) is 9.97 Å². The SMILES string of the molecule is COC(=O)Oc1c(C)nc2[nH]c3ccccc3c2c1N. The molecule has 2 aromatic heterocycles. The van der Waals surface area contributed by atoms with Crippen molar-refractivity contribution in [2.45, 2.75) is 6.92 Å². The second-order valence-corrected chi connectivity index (χ2v) is 4.39. The lowest BCUT2D eigenvalue weighted by Crippen LogP contribution is -2.10. The fraction of sp³-hybridized carbons (Fsp3) is 0.143. The zero-order chi connectivity index (χ0) is 14.3. The minimum atomic E-state index is -0.819. The number of methoxy groups -OCH3 is 1. The average molecular weight is 271 g/mol. The van der Waals surface area contributed by atoms with Crippen LogP contribution in [0.2, 0.25) is 0 Å². The number of aromatic nitrogens is 2. The van der Waals surface area contributed by atoms with Gasteiger partial charge < -0.3 is 20.2 Å². The van der Waals surface area contributed by atoms with E-state index in [1.54, 1.807) is 6.92 Å². The Balaban J connectivity index is 2.32. The van der Waals surface area contributed by atoms with E-state index in [1.165, 1.54) is 7.11 Å². The Hall–Kier alpha value is -2.76. The maximum atomic E-state index is 11.3. The molecule has 0 amide bonds. The second kappa shape index (κ2) is 4.41. The number of nitrogens with zero attached hydrogens (tertiary/aromatic N) is 1. The third-order valence-corrected chi connectivity index (χ3v) is 3.16. The van der Waals surface area contributed by atoms with Crippen LogP contribution in [0, 0.1) is 6.92 Å². The molecule has 0 radical (unpaired) electrons. The zero-order valence-corrected chi connectivity index (χ0v) is 11.1. The van der Waals surface area contributed by atoms with E-state index in [4.69, 9.17) is 10.5 Å². The number of pyridine rings is 1. The Morgan fingerprint density at radius 2 is 2.10 bits per heavy atom. The van der Waals surface area contributed by atoms with E-state index >= 15 is 0 Å². The molecule has 102 valence electrons. The van der Waals surface area contributed by atoms with Crippen molar-refractivity contribution in [2.24, 2.45) is 0 Å². The minimum Gasteiger partial charge on any atom is -0.437 e. The number of anilines is 1. The van der Waals surface area contributed by atoms with Crippen molar-refractivity contribution in [2.75, 3.05) is 12.8 Å². The van der Waals surface area contributed by atoms with Crippen molar-refractivity contribution in [3.8, 4) is 5.75 Å². The van der Waals surface area contributed by atoms with Gasteiger partial charge in [0.2, 0.25) is 0 Å². The molecule has 6 heteroatoms. The molecular weight excluding hydrogens is 258 g/mol. The van der Waals surface area contributed by atoms with Crippen LogP contribution >= 0.6 is 0 Å². The molecule has 0 unspecified atom stereocenters. The Kier molecular flexibility index (Phi) is 2.71. The molecule has 0 aliphatic heterocycles. The molecule has 0 fully saturated rings. The number of rotatable bonds is 1. The van der Waals surface area contributed by atoms with Crippen molar-refractivity contribution in [1.29, 1.82) is 0 Å². The summed E-state index contributed by atoms with van der Waals surface area (Å²) < 4.78 is 9.58. The van der Waals surface area contributed by atoms with E-state index in [0.29, 0.717) is 17.0 Å². The van der Waals surface area contributed by atoms with Crippen LogP contribution in [0.3, 0.4) is 0 Å². The van der Waals surface area contributed by atoms with Crippen LogP contribution in [-0.4, -0.2) is 23.2 Å². The van der Waals surface area contributed by atoms with Crippen LogP contribution in [-0.2, 0) is 4.74 Å². The highest BCUT2D eigenvalue weighted by Gasteiger charge is 2.18. The van der Waals surface area contributed by atoms with Crippen LogP contribution in [0.4, 0.5) is 10.5 Å². The van der Waals surface area contributed by atoms with Gasteiger partial charge in [-0.2, -0.15) is 0 Å². The van der Waals surface area contributed by atoms with E-state index in [0.717, 1.165) is 16.3 Å². The largest absolute Gasteiger partial charge is 0.513 e. The molecule has 0 atom stereocenters. The number of nitrogen functional groups attached to an aromatic ring is 1. The van der Waals surface area contributed by atoms with E-state index in [2.05, 4.69) is 14.7 Å². The van der Waals surface area contributed by atoms with Gasteiger partial charge >= 0.3 is 6.16 Å². The predicted octanol–water partition coefficient (Wildman–Crippen LogP) is 2.75. The lowest BCUT2D eigenvalue weighted by molar-refractivity contribution is 0.121. The highest BCUT2D eigenvalue weighted by molar-refractivity contribution is 6.13. The Labute approximate surface area is 114 Å². The summed E-state index contributed by atoms with van der Waals surface area (Å²) in [7, 11) is 1.24. The number of carbonyl (C=O) groups excluding carboxylic acids is 1. The third kappa shape index (κ3) is 1.73. The van der Waals surface area contributed by atoms with Gasteiger partial charge in [-0.1, -0.05) is 18.2 Å². The molecule has 0 saturated heterocycles. The van der Waals surface area contributed by atoms with E-state index < -0.39 is 6.16 Å². The van der Waals surface area contributed by atoms with Gasteiger partial charge in [0.05, 0.1) is 23.9 Å². The van der Waals surface area contributed by atoms with Crippen molar-refractivity contribution < 1.29 is 14.3 Å². The number of nitrogens with one attached hydrogen (secondary N) is 1. The normalized spacial score (nSPS) is 10.9. The van der Waals surface area contributed by atoms with Crippen LogP contribution in [0.25, 0.3) is 21.9 Å². The molecule has 0 saturated carbocycles. The highest BCUT2D eigenvalue weighted by atomic mass is 16.7. The number of hydrogen-bond acceptors (Lipinski definition) is 5. The first-order valence-electron chi connectivity index (χ1n) is 6.04. The van der Waals surface area contributed by atoms with Crippen molar-refractivity contribution >= 4 is 33.8 Å². The third-order valence-electron chi connectivity index (χ3n) is 3.16. The molecule has 1 aromatic carbocycles. The van der Waals surface area contributed by atoms with Gasteiger partial charge in [-0.05, 0) is 13.0 Å². The number of hydrogen-bond donors (Lipinski definition) is 2. The number of H-pyrrole nitrogens is 1. The average Bonchev–Trinajstić information content (AvgIpc) is 2.81. The molecule has 3 N–H and O–H groups in total. The molecule has 6 nitrogen and oxygen atoms in total. The molecule has 3 rings (SSSR count). The summed E-state index contributed by atoms with van der Waals surface area (Å²) in [5.74, 6) is 0.231. The molecule has 0 bridgehead atoms. The summed E-state index contributed by atoms with van der Waals surface area (Å²) in [4.78, 5) is 18.9. The highest BCUT2D eigenvalue weighted by Crippen LogP contribution is 2.36. The number of ether oxygens (including phenoxy) is 2. The van der Waals surface area contributed by atoms with E-state index in [-0.39, 0.29) is 5.75 Å². The van der Waals surface area contributed by atoms with Crippen molar-refractivity contribution in [3.63, 3.8) is 0 Å². The quantitative estimate of drug-likeness (QED) is 0.664. The molecule has 0 spiro atoms. The standard InChI is InChI=1S/C14H13N3O3/c1-7-12(20-14(18)19-2)11(15)10-8-5-3-4-6-9(8)17-13(10)16-7/h3-6H,1-2H3,(H3,15,16,17). The summed E-state index contributed by atoms with van der Waals surface area (Å²) in [5, 5.41) is 1.67. The minimum absolute atomic E-state index is 0.231. The van der Waals surface area contributed by atoms with Gasteiger partial charge in [0.1, 0.15) is 5.65 Å². The number of carbonyl (C=O) groups is 1. The Bertz CT molecular complexity index is 823. The summed E-state index contributed by atoms with van der Waals surface area (Å²) in [5.41, 5.74) is 8.62. The van der Waals surface area contributed by atoms with Crippen LogP contribution in [0.1, 0.15) is 5.69 Å². The zero-order valence-electron chi connectivity index (χ0n) is 11.1. The maximum absolute atomic E-state index is 11.3. The van der Waals surface area contributed by atoms with Crippen molar-refractivity contribution in [3.05, 3.63) is 30.0 Å². The Morgan fingerprint density at radius 3 is 2.85 bits per heavy atom. The number of aryl methyl sites for hydroxylation is 1. The first kappa shape index (κ1) is 12.3. The first-order chi connectivity index (χ1) is 9.61. The van der Waals surface area contributed by atoms with Gasteiger partial charge in [0, 0.05) is 10.9 Å². The fourth-order valence-corrected chi connectivity index (χ4v) is 2.26. The van der Waals surface area contributed by atoms with Crippen LogP contribution in [0.5, 0.6) is 5.75 Å². The number of aromatic amines is 1.